The number of hydrogen-bond donors (Lipinski definition) is 2. The minimum Gasteiger partial charge on any atom is -0.323 e. The van der Waals surface area contributed by atoms with Gasteiger partial charge in [-0.15, -0.1) is 0 Å². The maximum absolute atomic E-state index is 6.12. The summed E-state index contributed by atoms with van der Waals surface area (Å²) < 4.78 is 0. The normalized spacial score (nSPS) is 10.5. The molecule has 0 saturated heterocycles. The number of pyridine rings is 1. The smallest absolute Gasteiger partial charge is 0.0912 e. The molecule has 0 aliphatic carbocycles. The van der Waals surface area contributed by atoms with Gasteiger partial charge in [0.25, 0.3) is 0 Å². The molecular formula is C10H10ClN3. The number of aryl methyl sites for hydroxylation is 1. The highest BCUT2D eigenvalue weighted by atomic mass is 35.5. The second kappa shape index (κ2) is 3.44. The maximum Gasteiger partial charge on any atom is 0.0912 e. The molecule has 0 unspecified atom stereocenters. The number of nitrogens with one attached hydrogen (secondary N) is 1. The molecule has 1 heterocycles. The molecule has 72 valence electrons. The molecule has 2 aromatic rings. The molecule has 0 radical (unpaired) electrons. The van der Waals surface area contributed by atoms with Crippen LogP contribution in [-0.4, -0.2) is 4.98 Å². The van der Waals surface area contributed by atoms with Crippen molar-refractivity contribution in [3.63, 3.8) is 0 Å². The number of rotatable bonds is 1. The molecule has 0 amide bonds. The second-order valence-electron chi connectivity index (χ2n) is 3.10. The van der Waals surface area contributed by atoms with Crippen molar-refractivity contribution >= 4 is 28.2 Å². The van der Waals surface area contributed by atoms with E-state index < -0.39 is 0 Å². The summed E-state index contributed by atoms with van der Waals surface area (Å²) in [6, 6.07) is 5.72. The van der Waals surface area contributed by atoms with Gasteiger partial charge in [0.05, 0.1) is 16.2 Å². The van der Waals surface area contributed by atoms with E-state index in [-0.39, 0.29) is 0 Å². The van der Waals surface area contributed by atoms with Gasteiger partial charge in [-0.3, -0.25) is 10.8 Å². The largest absolute Gasteiger partial charge is 0.323 e. The van der Waals surface area contributed by atoms with Crippen LogP contribution in [0.4, 0.5) is 5.69 Å². The summed E-state index contributed by atoms with van der Waals surface area (Å²) in [5, 5.41) is 1.62. The summed E-state index contributed by atoms with van der Waals surface area (Å²) in [7, 11) is 0. The van der Waals surface area contributed by atoms with E-state index in [0.29, 0.717) is 5.02 Å². The topological polar surface area (TPSA) is 50.9 Å². The van der Waals surface area contributed by atoms with Crippen LogP contribution in [0.25, 0.3) is 10.9 Å². The summed E-state index contributed by atoms with van der Waals surface area (Å²) in [4.78, 5) is 4.22. The highest BCUT2D eigenvalue weighted by Crippen LogP contribution is 2.28. The number of aromatic nitrogens is 1. The standard InChI is InChI=1S/C10H10ClN3/c1-6-2-3-7-8(14-12)4-5-13-10(7)9(6)11/h2-5H,12H2,1H3,(H,13,14). The molecule has 0 bridgehead atoms. The van der Waals surface area contributed by atoms with Crippen LogP contribution in [0.1, 0.15) is 5.56 Å². The molecule has 4 heteroatoms. The fourth-order valence-corrected chi connectivity index (χ4v) is 1.62. The molecule has 0 aliphatic rings. The van der Waals surface area contributed by atoms with Crippen molar-refractivity contribution in [3.05, 3.63) is 35.0 Å². The number of nitrogens with zero attached hydrogens (tertiary/aromatic N) is 1. The molecule has 0 aliphatic heterocycles. The number of benzene rings is 1. The van der Waals surface area contributed by atoms with Crippen LogP contribution in [0.3, 0.4) is 0 Å². The summed E-state index contributed by atoms with van der Waals surface area (Å²) in [5.41, 5.74) is 5.24. The van der Waals surface area contributed by atoms with Gasteiger partial charge < -0.3 is 5.43 Å². The molecule has 3 nitrogen and oxygen atoms in total. The number of nitrogen functional groups attached to an aromatic ring is 1. The molecule has 2 rings (SSSR count). The Morgan fingerprint density at radius 2 is 2.14 bits per heavy atom. The Labute approximate surface area is 86.9 Å². The van der Waals surface area contributed by atoms with E-state index in [1.807, 2.05) is 25.1 Å². The van der Waals surface area contributed by atoms with Gasteiger partial charge in [-0.1, -0.05) is 23.7 Å². The van der Waals surface area contributed by atoms with Crippen LogP contribution in [0, 0.1) is 6.92 Å². The first-order chi connectivity index (χ1) is 6.74. The Hall–Kier alpha value is -1.32. The predicted octanol–water partition coefficient (Wildman–Crippen LogP) is 2.48. The van der Waals surface area contributed by atoms with Crippen molar-refractivity contribution in [2.75, 3.05) is 5.43 Å². The van der Waals surface area contributed by atoms with E-state index in [1.54, 1.807) is 6.20 Å². The Kier molecular flexibility index (Phi) is 2.27. The highest BCUT2D eigenvalue weighted by molar-refractivity contribution is 6.36. The maximum atomic E-state index is 6.12. The average Bonchev–Trinajstić information content (AvgIpc) is 2.23. The Balaban J connectivity index is 2.86. The van der Waals surface area contributed by atoms with Gasteiger partial charge in [0.15, 0.2) is 0 Å². The number of hydrazine groups is 1. The van der Waals surface area contributed by atoms with Crippen LogP contribution in [0.15, 0.2) is 24.4 Å². The van der Waals surface area contributed by atoms with Crippen molar-refractivity contribution in [2.45, 2.75) is 6.92 Å². The molecule has 0 fully saturated rings. The van der Waals surface area contributed by atoms with Gasteiger partial charge in [0.2, 0.25) is 0 Å². The third-order valence-corrected chi connectivity index (χ3v) is 2.68. The van der Waals surface area contributed by atoms with Gasteiger partial charge in [-0.05, 0) is 18.6 Å². The monoisotopic (exact) mass is 207 g/mol. The lowest BCUT2D eigenvalue weighted by Crippen LogP contribution is -2.07. The van der Waals surface area contributed by atoms with Crippen LogP contribution >= 0.6 is 11.6 Å². The van der Waals surface area contributed by atoms with Gasteiger partial charge >= 0.3 is 0 Å². The molecule has 3 N–H and O–H groups in total. The van der Waals surface area contributed by atoms with Gasteiger partial charge in [-0.2, -0.15) is 0 Å². The molecule has 1 aromatic carbocycles. The van der Waals surface area contributed by atoms with Crippen LogP contribution < -0.4 is 11.3 Å². The zero-order valence-electron chi connectivity index (χ0n) is 7.71. The predicted molar refractivity (Wildman–Crippen MR) is 59.3 cm³/mol. The van der Waals surface area contributed by atoms with E-state index in [0.717, 1.165) is 22.2 Å². The van der Waals surface area contributed by atoms with Gasteiger partial charge in [0.1, 0.15) is 0 Å². The summed E-state index contributed by atoms with van der Waals surface area (Å²) in [5.74, 6) is 5.38. The van der Waals surface area contributed by atoms with Crippen molar-refractivity contribution in [1.29, 1.82) is 0 Å². The number of hydrogen-bond acceptors (Lipinski definition) is 3. The third-order valence-electron chi connectivity index (χ3n) is 2.20. The SMILES string of the molecule is Cc1ccc2c(NN)ccnc2c1Cl. The molecule has 0 atom stereocenters. The van der Waals surface area contributed by atoms with E-state index in [1.165, 1.54) is 0 Å². The number of fused-ring (bicyclic) bond motifs is 1. The first kappa shape index (κ1) is 9.24. The van der Waals surface area contributed by atoms with Crippen molar-refractivity contribution < 1.29 is 0 Å². The van der Waals surface area contributed by atoms with Gasteiger partial charge in [0, 0.05) is 11.6 Å². The third kappa shape index (κ3) is 1.31. The lowest BCUT2D eigenvalue weighted by Gasteiger charge is -2.07. The van der Waals surface area contributed by atoms with Crippen molar-refractivity contribution in [1.82, 2.24) is 4.98 Å². The Morgan fingerprint density at radius 3 is 2.86 bits per heavy atom. The zero-order valence-corrected chi connectivity index (χ0v) is 8.47. The minimum atomic E-state index is 0.680. The first-order valence-electron chi connectivity index (χ1n) is 4.24. The second-order valence-corrected chi connectivity index (χ2v) is 3.47. The fourth-order valence-electron chi connectivity index (χ4n) is 1.41. The summed E-state index contributed by atoms with van der Waals surface area (Å²) in [6.45, 7) is 1.95. The van der Waals surface area contributed by atoms with Crippen LogP contribution in [0.5, 0.6) is 0 Å². The van der Waals surface area contributed by atoms with Crippen molar-refractivity contribution in [3.8, 4) is 0 Å². The van der Waals surface area contributed by atoms with E-state index in [9.17, 15) is 0 Å². The molecule has 0 saturated carbocycles. The fraction of sp³-hybridized carbons (Fsp3) is 0.100. The summed E-state index contributed by atoms with van der Waals surface area (Å²) >= 11 is 6.12. The lowest BCUT2D eigenvalue weighted by molar-refractivity contribution is 1.33. The number of halogens is 1. The first-order valence-corrected chi connectivity index (χ1v) is 4.62. The van der Waals surface area contributed by atoms with E-state index in [2.05, 4.69) is 10.4 Å². The quantitative estimate of drug-likeness (QED) is 0.558. The molecule has 0 spiro atoms. The number of nitrogens with two attached hydrogens (primary N) is 1. The van der Waals surface area contributed by atoms with Crippen LogP contribution in [-0.2, 0) is 0 Å². The van der Waals surface area contributed by atoms with Gasteiger partial charge in [-0.25, -0.2) is 0 Å². The molecular weight excluding hydrogens is 198 g/mol. The molecule has 14 heavy (non-hydrogen) atoms. The minimum absolute atomic E-state index is 0.680. The van der Waals surface area contributed by atoms with E-state index >= 15 is 0 Å². The average molecular weight is 208 g/mol. The van der Waals surface area contributed by atoms with E-state index in [4.69, 9.17) is 17.4 Å². The molecule has 1 aromatic heterocycles. The van der Waals surface area contributed by atoms with Crippen molar-refractivity contribution in [2.24, 2.45) is 5.84 Å². The highest BCUT2D eigenvalue weighted by Gasteiger charge is 2.05. The lowest BCUT2D eigenvalue weighted by atomic mass is 10.1. The van der Waals surface area contributed by atoms with Crippen LogP contribution in [0.2, 0.25) is 5.02 Å². The Morgan fingerprint density at radius 1 is 1.36 bits per heavy atom. The zero-order chi connectivity index (χ0) is 10.1. The summed E-state index contributed by atoms with van der Waals surface area (Å²) in [6.07, 6.45) is 1.68. The number of anilines is 1. The Bertz CT molecular complexity index is 482.